The van der Waals surface area contributed by atoms with Crippen LogP contribution in [0.4, 0.5) is 11.5 Å². The van der Waals surface area contributed by atoms with Crippen LogP contribution in [0.15, 0.2) is 54.6 Å². The number of carbonyl (C=O) groups is 1. The molecular formula is C17H15N3O2S2. The van der Waals surface area contributed by atoms with E-state index in [1.165, 1.54) is 11.3 Å². The summed E-state index contributed by atoms with van der Waals surface area (Å²) in [5.74, 6) is 0.638. The zero-order valence-corrected chi connectivity index (χ0v) is 14.5. The van der Waals surface area contributed by atoms with E-state index in [0.29, 0.717) is 31.8 Å². The molecule has 1 heterocycles. The number of nitrogen functional groups attached to an aromatic ring is 1. The molecular weight excluding hydrogens is 342 g/mol. The Morgan fingerprint density at radius 2 is 1.83 bits per heavy atom. The average Bonchev–Trinajstić information content (AvgIpc) is 2.90. The Balaban J connectivity index is 2.01. The van der Waals surface area contributed by atoms with Crippen molar-refractivity contribution in [2.24, 2.45) is 0 Å². The van der Waals surface area contributed by atoms with E-state index in [-0.39, 0.29) is 5.91 Å². The van der Waals surface area contributed by atoms with Gasteiger partial charge in [0.2, 0.25) is 0 Å². The molecule has 3 rings (SSSR count). The molecule has 2 aromatic carbocycles. The smallest absolute Gasteiger partial charge is 0.269 e. The molecule has 0 aliphatic carbocycles. The molecule has 0 fully saturated rings. The monoisotopic (exact) mass is 357 g/mol. The summed E-state index contributed by atoms with van der Waals surface area (Å²) in [6, 6.07) is 16.6. The summed E-state index contributed by atoms with van der Waals surface area (Å²) >= 11 is 6.57. The number of benzene rings is 2. The molecule has 3 N–H and O–H groups in total. The van der Waals surface area contributed by atoms with Gasteiger partial charge < -0.3 is 15.8 Å². The van der Waals surface area contributed by atoms with Gasteiger partial charge in [0.05, 0.1) is 12.8 Å². The van der Waals surface area contributed by atoms with Gasteiger partial charge >= 0.3 is 0 Å². The normalized spacial score (nSPS) is 10.4. The van der Waals surface area contributed by atoms with Crippen LogP contribution < -0.4 is 15.8 Å². The maximum absolute atomic E-state index is 12.5. The van der Waals surface area contributed by atoms with E-state index in [1.54, 1.807) is 11.7 Å². The van der Waals surface area contributed by atoms with Crippen LogP contribution >= 0.6 is 23.6 Å². The topological polar surface area (TPSA) is 69.3 Å². The van der Waals surface area contributed by atoms with E-state index in [9.17, 15) is 4.79 Å². The largest absolute Gasteiger partial charge is 0.495 e. The van der Waals surface area contributed by atoms with E-state index in [1.807, 2.05) is 54.6 Å². The van der Waals surface area contributed by atoms with E-state index < -0.39 is 0 Å². The predicted molar refractivity (Wildman–Crippen MR) is 99.8 cm³/mol. The van der Waals surface area contributed by atoms with Crippen molar-refractivity contribution < 1.29 is 9.53 Å². The number of amides is 1. The number of nitrogens with zero attached hydrogens (tertiary/aromatic N) is 1. The lowest BCUT2D eigenvalue weighted by Gasteiger charge is -2.11. The van der Waals surface area contributed by atoms with Crippen LogP contribution in [-0.4, -0.2) is 17.6 Å². The molecule has 3 aromatic rings. The van der Waals surface area contributed by atoms with Crippen LogP contribution in [0, 0.1) is 3.95 Å². The second-order valence-electron chi connectivity index (χ2n) is 4.91. The Morgan fingerprint density at radius 1 is 1.17 bits per heavy atom. The summed E-state index contributed by atoms with van der Waals surface area (Å²) in [7, 11) is 1.58. The molecule has 0 unspecified atom stereocenters. The molecule has 0 atom stereocenters. The van der Waals surface area contributed by atoms with Crippen molar-refractivity contribution in [3.8, 4) is 11.4 Å². The molecule has 0 bridgehead atoms. The SMILES string of the molecule is COc1ccccc1-n1c(N)c(C(=O)Nc2ccccc2)sc1=S. The fourth-order valence-electron chi connectivity index (χ4n) is 2.30. The van der Waals surface area contributed by atoms with Crippen LogP contribution in [0.3, 0.4) is 0 Å². The van der Waals surface area contributed by atoms with Crippen molar-refractivity contribution in [2.75, 3.05) is 18.2 Å². The van der Waals surface area contributed by atoms with Gasteiger partial charge in [0.1, 0.15) is 16.4 Å². The number of carbonyl (C=O) groups excluding carboxylic acids is 1. The molecule has 0 aliphatic heterocycles. The van der Waals surface area contributed by atoms with Gasteiger partial charge in [-0.3, -0.25) is 9.36 Å². The number of para-hydroxylation sites is 3. The molecule has 0 saturated carbocycles. The van der Waals surface area contributed by atoms with Crippen molar-refractivity contribution >= 4 is 41.0 Å². The number of hydrogen-bond acceptors (Lipinski definition) is 5. The number of aromatic nitrogens is 1. The highest BCUT2D eigenvalue weighted by Gasteiger charge is 2.19. The van der Waals surface area contributed by atoms with Crippen molar-refractivity contribution in [2.45, 2.75) is 0 Å². The molecule has 7 heteroatoms. The van der Waals surface area contributed by atoms with Crippen LogP contribution in [0.25, 0.3) is 5.69 Å². The first kappa shape index (κ1) is 16.2. The number of thiazole rings is 1. The zero-order valence-electron chi connectivity index (χ0n) is 12.9. The summed E-state index contributed by atoms with van der Waals surface area (Å²) in [6.45, 7) is 0. The van der Waals surface area contributed by atoms with Crippen LogP contribution in [0.2, 0.25) is 0 Å². The van der Waals surface area contributed by atoms with Crippen LogP contribution in [0.5, 0.6) is 5.75 Å². The number of rotatable bonds is 4. The second-order valence-corrected chi connectivity index (χ2v) is 6.55. The van der Waals surface area contributed by atoms with Gasteiger partial charge in [-0.2, -0.15) is 0 Å². The highest BCUT2D eigenvalue weighted by Crippen LogP contribution is 2.31. The zero-order chi connectivity index (χ0) is 17.1. The Morgan fingerprint density at radius 3 is 2.54 bits per heavy atom. The Bertz CT molecular complexity index is 933. The number of nitrogens with two attached hydrogens (primary N) is 1. The minimum Gasteiger partial charge on any atom is -0.495 e. The predicted octanol–water partition coefficient (Wildman–Crippen LogP) is 4.11. The third-order valence-electron chi connectivity index (χ3n) is 3.41. The van der Waals surface area contributed by atoms with E-state index in [2.05, 4.69) is 5.32 Å². The standard InChI is InChI=1S/C17H15N3O2S2/c1-22-13-10-6-5-9-12(13)20-15(18)14(24-17(20)23)16(21)19-11-7-3-2-4-8-11/h2-10H,18H2,1H3,(H,19,21). The highest BCUT2D eigenvalue weighted by molar-refractivity contribution is 7.73. The third-order valence-corrected chi connectivity index (χ3v) is 4.80. The highest BCUT2D eigenvalue weighted by atomic mass is 32.1. The lowest BCUT2D eigenvalue weighted by Crippen LogP contribution is -2.13. The molecule has 122 valence electrons. The summed E-state index contributed by atoms with van der Waals surface area (Å²) in [5.41, 5.74) is 7.61. The fraction of sp³-hybridized carbons (Fsp3) is 0.0588. The van der Waals surface area contributed by atoms with Crippen LogP contribution in [0.1, 0.15) is 9.67 Å². The van der Waals surface area contributed by atoms with E-state index >= 15 is 0 Å². The maximum Gasteiger partial charge on any atom is 0.269 e. The molecule has 0 aliphatic rings. The quantitative estimate of drug-likeness (QED) is 0.690. The van der Waals surface area contributed by atoms with Gasteiger partial charge in [0.25, 0.3) is 5.91 Å². The molecule has 1 aromatic heterocycles. The van der Waals surface area contributed by atoms with Crippen molar-refractivity contribution in [1.82, 2.24) is 4.57 Å². The fourth-order valence-corrected chi connectivity index (χ4v) is 3.55. The maximum atomic E-state index is 12.5. The first-order valence-corrected chi connectivity index (χ1v) is 8.35. The van der Waals surface area contributed by atoms with E-state index in [0.717, 1.165) is 0 Å². The summed E-state index contributed by atoms with van der Waals surface area (Å²) in [5, 5.41) is 2.82. The molecule has 24 heavy (non-hydrogen) atoms. The number of hydrogen-bond donors (Lipinski definition) is 2. The van der Waals surface area contributed by atoms with Gasteiger partial charge in [0.15, 0.2) is 3.95 Å². The average molecular weight is 357 g/mol. The minimum atomic E-state index is -0.288. The summed E-state index contributed by atoms with van der Waals surface area (Å²) < 4.78 is 7.49. The van der Waals surface area contributed by atoms with Gasteiger partial charge in [-0.1, -0.05) is 41.7 Å². The minimum absolute atomic E-state index is 0.288. The number of ether oxygens (including phenoxy) is 1. The van der Waals surface area contributed by atoms with Crippen LogP contribution in [-0.2, 0) is 0 Å². The number of anilines is 2. The first-order valence-electron chi connectivity index (χ1n) is 7.13. The van der Waals surface area contributed by atoms with Crippen molar-refractivity contribution in [3.63, 3.8) is 0 Å². The van der Waals surface area contributed by atoms with Gasteiger partial charge in [-0.25, -0.2) is 0 Å². The Hall–Kier alpha value is -2.64. The van der Waals surface area contributed by atoms with Crippen molar-refractivity contribution in [1.29, 1.82) is 0 Å². The lowest BCUT2D eigenvalue weighted by atomic mass is 10.3. The summed E-state index contributed by atoms with van der Waals surface area (Å²) in [6.07, 6.45) is 0. The summed E-state index contributed by atoms with van der Waals surface area (Å²) in [4.78, 5) is 12.9. The molecule has 0 saturated heterocycles. The first-order chi connectivity index (χ1) is 11.6. The van der Waals surface area contributed by atoms with Gasteiger partial charge in [0, 0.05) is 5.69 Å². The molecule has 0 spiro atoms. The Kier molecular flexibility index (Phi) is 4.64. The second kappa shape index (κ2) is 6.86. The lowest BCUT2D eigenvalue weighted by molar-refractivity contribution is 0.103. The van der Waals surface area contributed by atoms with Crippen molar-refractivity contribution in [3.05, 3.63) is 63.4 Å². The molecule has 5 nitrogen and oxygen atoms in total. The molecule has 1 amide bonds. The third kappa shape index (κ3) is 3.04. The number of methoxy groups -OCH3 is 1. The Labute approximate surface area is 148 Å². The van der Waals surface area contributed by atoms with E-state index in [4.69, 9.17) is 22.7 Å². The number of nitrogens with one attached hydrogen (secondary N) is 1. The van der Waals surface area contributed by atoms with Gasteiger partial charge in [-0.05, 0) is 36.5 Å². The van der Waals surface area contributed by atoms with Gasteiger partial charge in [-0.15, -0.1) is 0 Å². The molecule has 0 radical (unpaired) electrons.